The topological polar surface area (TPSA) is 21.3 Å². The van der Waals surface area contributed by atoms with Crippen molar-refractivity contribution in [2.75, 3.05) is 11.9 Å². The average Bonchev–Trinajstić information content (AvgIpc) is 2.42. The van der Waals surface area contributed by atoms with Gasteiger partial charge in [0.15, 0.2) is 0 Å². The average molecular weight is 320 g/mol. The van der Waals surface area contributed by atoms with Crippen LogP contribution in [0.4, 0.5) is 5.69 Å². The molecule has 0 heterocycles. The van der Waals surface area contributed by atoms with Gasteiger partial charge in [0.1, 0.15) is 11.9 Å². The number of para-hydroxylation sites is 1. The van der Waals surface area contributed by atoms with Crippen LogP contribution >= 0.6 is 15.9 Å². The minimum Gasteiger partial charge on any atom is -0.489 e. The summed E-state index contributed by atoms with van der Waals surface area (Å²) in [5.41, 5.74) is 2.26. The zero-order chi connectivity index (χ0) is 13.7. The second kappa shape index (κ2) is 6.62. The van der Waals surface area contributed by atoms with Crippen LogP contribution in [0.25, 0.3) is 0 Å². The number of aryl methyl sites for hydroxylation is 1. The summed E-state index contributed by atoms with van der Waals surface area (Å²) >= 11 is 3.47. The molecule has 19 heavy (non-hydrogen) atoms. The van der Waals surface area contributed by atoms with Crippen LogP contribution in [0, 0.1) is 6.92 Å². The molecule has 2 nitrogen and oxygen atoms in total. The van der Waals surface area contributed by atoms with Crippen LogP contribution in [0.3, 0.4) is 0 Å². The van der Waals surface area contributed by atoms with Gasteiger partial charge in [0.2, 0.25) is 0 Å². The molecule has 0 aliphatic carbocycles. The van der Waals surface area contributed by atoms with Gasteiger partial charge in [-0.2, -0.15) is 0 Å². The molecule has 0 aromatic heterocycles. The van der Waals surface area contributed by atoms with Crippen molar-refractivity contribution in [3.8, 4) is 5.75 Å². The molecule has 2 rings (SSSR count). The van der Waals surface area contributed by atoms with Crippen molar-refractivity contribution in [1.82, 2.24) is 0 Å². The Balaban J connectivity index is 1.90. The van der Waals surface area contributed by atoms with E-state index in [9.17, 15) is 0 Å². The Hall–Kier alpha value is -1.48. The first kappa shape index (κ1) is 13.9. The highest BCUT2D eigenvalue weighted by Gasteiger charge is 2.06. The molecule has 1 atom stereocenters. The van der Waals surface area contributed by atoms with Gasteiger partial charge in [0.05, 0.1) is 6.54 Å². The summed E-state index contributed by atoms with van der Waals surface area (Å²) in [5, 5.41) is 3.36. The number of nitrogens with one attached hydrogen (secondary N) is 1. The van der Waals surface area contributed by atoms with E-state index >= 15 is 0 Å². The molecule has 2 aromatic carbocycles. The van der Waals surface area contributed by atoms with Gasteiger partial charge in [-0.25, -0.2) is 0 Å². The predicted molar refractivity (Wildman–Crippen MR) is 83.9 cm³/mol. The lowest BCUT2D eigenvalue weighted by Gasteiger charge is -2.17. The number of halogens is 1. The van der Waals surface area contributed by atoms with Crippen LogP contribution in [-0.2, 0) is 0 Å². The third-order valence-electron chi connectivity index (χ3n) is 2.85. The summed E-state index contributed by atoms with van der Waals surface area (Å²) in [6.07, 6.45) is 0.105. The van der Waals surface area contributed by atoms with Gasteiger partial charge in [0.25, 0.3) is 0 Å². The first-order valence-corrected chi connectivity index (χ1v) is 7.16. The molecule has 0 saturated carbocycles. The summed E-state index contributed by atoms with van der Waals surface area (Å²) in [5.74, 6) is 0.928. The van der Waals surface area contributed by atoms with E-state index in [1.165, 1.54) is 0 Å². The number of benzene rings is 2. The Bertz CT molecular complexity index is 528. The molecule has 0 radical (unpaired) electrons. The number of hydrogen-bond donors (Lipinski definition) is 1. The fourth-order valence-corrected chi connectivity index (χ4v) is 2.12. The molecule has 0 fully saturated rings. The number of rotatable bonds is 5. The highest BCUT2D eigenvalue weighted by atomic mass is 79.9. The highest BCUT2D eigenvalue weighted by molar-refractivity contribution is 9.10. The molecule has 0 aliphatic heterocycles. The highest BCUT2D eigenvalue weighted by Crippen LogP contribution is 2.23. The van der Waals surface area contributed by atoms with Crippen LogP contribution in [0.2, 0.25) is 0 Å². The van der Waals surface area contributed by atoms with Crippen molar-refractivity contribution in [2.45, 2.75) is 20.0 Å². The van der Waals surface area contributed by atoms with Crippen molar-refractivity contribution in [1.29, 1.82) is 0 Å². The molecule has 0 bridgehead atoms. The molecule has 2 aromatic rings. The second-order valence-corrected chi connectivity index (χ2v) is 5.50. The predicted octanol–water partition coefficient (Wildman–Crippen LogP) is 4.64. The zero-order valence-corrected chi connectivity index (χ0v) is 12.8. The quantitative estimate of drug-likeness (QED) is 0.867. The lowest BCUT2D eigenvalue weighted by Crippen LogP contribution is -2.23. The minimum absolute atomic E-state index is 0.105. The van der Waals surface area contributed by atoms with Crippen LogP contribution in [0.15, 0.2) is 53.0 Å². The summed E-state index contributed by atoms with van der Waals surface area (Å²) in [6.45, 7) is 4.89. The first-order chi connectivity index (χ1) is 9.15. The third-order valence-corrected chi connectivity index (χ3v) is 3.34. The summed E-state index contributed by atoms with van der Waals surface area (Å²) in [6, 6.07) is 16.2. The molecular weight excluding hydrogens is 302 g/mol. The Morgan fingerprint density at radius 2 is 1.89 bits per heavy atom. The lowest BCUT2D eigenvalue weighted by molar-refractivity contribution is 0.233. The Morgan fingerprint density at radius 3 is 2.63 bits per heavy atom. The van der Waals surface area contributed by atoms with Crippen molar-refractivity contribution in [3.63, 3.8) is 0 Å². The molecular formula is C16H18BrNO. The fraction of sp³-hybridized carbons (Fsp3) is 0.250. The van der Waals surface area contributed by atoms with E-state index in [1.54, 1.807) is 0 Å². The number of ether oxygens (including phenoxy) is 1. The maximum atomic E-state index is 5.96. The van der Waals surface area contributed by atoms with E-state index in [0.29, 0.717) is 0 Å². The molecule has 0 amide bonds. The Morgan fingerprint density at radius 1 is 1.16 bits per heavy atom. The maximum absolute atomic E-state index is 5.96. The van der Waals surface area contributed by atoms with Gasteiger partial charge in [-0.05, 0) is 43.7 Å². The van der Waals surface area contributed by atoms with Gasteiger partial charge in [-0.1, -0.05) is 40.2 Å². The molecule has 3 heteroatoms. The minimum atomic E-state index is 0.105. The van der Waals surface area contributed by atoms with Crippen LogP contribution in [-0.4, -0.2) is 12.6 Å². The van der Waals surface area contributed by atoms with E-state index in [0.717, 1.165) is 28.0 Å². The van der Waals surface area contributed by atoms with Crippen molar-refractivity contribution < 1.29 is 4.74 Å². The lowest BCUT2D eigenvalue weighted by atomic mass is 10.2. The van der Waals surface area contributed by atoms with Crippen LogP contribution < -0.4 is 10.1 Å². The number of hydrogen-bond acceptors (Lipinski definition) is 2. The second-order valence-electron chi connectivity index (χ2n) is 4.59. The van der Waals surface area contributed by atoms with Gasteiger partial charge in [0, 0.05) is 10.2 Å². The Kier molecular flexibility index (Phi) is 4.86. The van der Waals surface area contributed by atoms with Crippen LogP contribution in [0.1, 0.15) is 12.5 Å². The maximum Gasteiger partial charge on any atom is 0.123 e. The number of anilines is 1. The zero-order valence-electron chi connectivity index (χ0n) is 11.2. The van der Waals surface area contributed by atoms with E-state index in [2.05, 4.69) is 53.3 Å². The summed E-state index contributed by atoms with van der Waals surface area (Å²) in [7, 11) is 0. The van der Waals surface area contributed by atoms with E-state index in [4.69, 9.17) is 4.74 Å². The third kappa shape index (κ3) is 4.28. The molecule has 100 valence electrons. The van der Waals surface area contributed by atoms with Gasteiger partial charge >= 0.3 is 0 Å². The smallest absolute Gasteiger partial charge is 0.123 e. The molecule has 1 N–H and O–H groups in total. The van der Waals surface area contributed by atoms with Gasteiger partial charge < -0.3 is 10.1 Å². The van der Waals surface area contributed by atoms with Crippen molar-refractivity contribution in [2.24, 2.45) is 0 Å². The van der Waals surface area contributed by atoms with Gasteiger partial charge in [-0.3, -0.25) is 0 Å². The molecule has 1 unspecified atom stereocenters. The molecule has 0 spiro atoms. The van der Waals surface area contributed by atoms with Crippen molar-refractivity contribution in [3.05, 3.63) is 58.6 Å². The Labute approximate surface area is 122 Å². The van der Waals surface area contributed by atoms with Gasteiger partial charge in [-0.15, -0.1) is 0 Å². The normalized spacial score (nSPS) is 11.9. The fourth-order valence-electron chi connectivity index (χ4n) is 1.78. The largest absolute Gasteiger partial charge is 0.489 e. The van der Waals surface area contributed by atoms with Crippen LogP contribution in [0.5, 0.6) is 5.75 Å². The van der Waals surface area contributed by atoms with E-state index < -0.39 is 0 Å². The summed E-state index contributed by atoms with van der Waals surface area (Å²) < 4.78 is 6.99. The SMILES string of the molecule is Cc1ccc(Br)cc1OC(C)CNc1ccccc1. The van der Waals surface area contributed by atoms with E-state index in [1.807, 2.05) is 30.3 Å². The standard InChI is InChI=1S/C16H18BrNO/c1-12-8-9-14(17)10-16(12)19-13(2)11-18-15-6-4-3-5-7-15/h3-10,13,18H,11H2,1-2H3. The van der Waals surface area contributed by atoms with Crippen molar-refractivity contribution >= 4 is 21.6 Å². The molecule has 0 saturated heterocycles. The molecule has 0 aliphatic rings. The summed E-state index contributed by atoms with van der Waals surface area (Å²) in [4.78, 5) is 0. The van der Waals surface area contributed by atoms with E-state index in [-0.39, 0.29) is 6.10 Å². The monoisotopic (exact) mass is 319 g/mol. The first-order valence-electron chi connectivity index (χ1n) is 6.37.